The molecule has 0 spiro atoms. The van der Waals surface area contributed by atoms with Crippen molar-refractivity contribution in [2.45, 2.75) is 119 Å². The molecular weight excluding hydrogens is 1040 g/mol. The first-order valence-electron chi connectivity index (χ1n) is 12.7. The van der Waals surface area contributed by atoms with Crippen LogP contribution < -0.4 is 0 Å². The first-order valence-corrected chi connectivity index (χ1v) is 12.7. The Balaban J connectivity index is 7.98. The van der Waals surface area contributed by atoms with Gasteiger partial charge in [-0.2, -0.15) is 185 Å². The summed E-state index contributed by atoms with van der Waals surface area (Å²) in [5.74, 6) is -182. The largest absolute Gasteiger partial charge is 0.460 e. The molecule has 1 nitrogen and oxygen atoms in total. The van der Waals surface area contributed by atoms with Gasteiger partial charge in [0.2, 0.25) is 0 Å². The van der Waals surface area contributed by atoms with Crippen LogP contribution in [0.2, 0.25) is 0 Å². The molecule has 1 radical (unpaired) electrons. The SMILES string of the molecule is [O]C(F)(F)C(F)(F)C(F)(F)C(F)(F)C(F)(F)C(F)(F)C(F)(F)C(F)(F)C(F)(F)C(F)(F)C(F)(F)C(F)(F)C(F)(F)C(F)(F)C(F)(F)C(F)(F)C(F)(F)C(F)(F)C(F)(F)C(F)(F)F. The molecule has 0 aliphatic rings. The first kappa shape index (κ1) is 59.1. The van der Waals surface area contributed by atoms with E-state index in [1.165, 1.54) is 0 Å². The van der Waals surface area contributed by atoms with Crippen LogP contribution in [0.4, 0.5) is 180 Å². The maximum atomic E-state index is 13.9. The quantitative estimate of drug-likeness (QED) is 0.122. The van der Waals surface area contributed by atoms with Gasteiger partial charge < -0.3 is 0 Å². The number of hydrogen-bond acceptors (Lipinski definition) is 0. The van der Waals surface area contributed by atoms with Crippen molar-refractivity contribution in [3.8, 4) is 0 Å². The van der Waals surface area contributed by atoms with Gasteiger partial charge in [-0.1, -0.05) is 0 Å². The third-order valence-corrected chi connectivity index (χ3v) is 7.43. The van der Waals surface area contributed by atoms with E-state index in [4.69, 9.17) is 0 Å². The highest BCUT2D eigenvalue weighted by Gasteiger charge is 3.03. The highest BCUT2D eigenvalue weighted by Crippen LogP contribution is 2.71. The first-order chi connectivity index (χ1) is 25.8. The lowest BCUT2D eigenvalue weighted by Gasteiger charge is -2.47. The molecule has 0 saturated heterocycles. The molecule has 0 aromatic carbocycles. The predicted molar refractivity (Wildman–Crippen MR) is 101 cm³/mol. The number of rotatable bonds is 18. The maximum absolute atomic E-state index is 13.9. The Hall–Kier alpha value is -2.91. The highest BCUT2D eigenvalue weighted by molar-refractivity contribution is 5.23. The fraction of sp³-hybridized carbons (Fsp3) is 1.00. The second kappa shape index (κ2) is 13.8. The van der Waals surface area contributed by atoms with Gasteiger partial charge in [-0.3, -0.25) is 0 Å². The molecule has 0 aromatic heterocycles. The molecule has 0 atom stereocenters. The summed E-state index contributed by atoms with van der Waals surface area (Å²) < 4.78 is 549. The van der Waals surface area contributed by atoms with Gasteiger partial charge in [0.25, 0.3) is 0 Å². The summed E-state index contributed by atoms with van der Waals surface area (Å²) >= 11 is 0. The molecule has 42 heteroatoms. The molecular formula is C20F41O. The summed E-state index contributed by atoms with van der Waals surface area (Å²) in [5.41, 5.74) is 0. The van der Waals surface area contributed by atoms with E-state index in [-0.39, 0.29) is 0 Å². The lowest BCUT2D eigenvalue weighted by atomic mass is 9.82. The maximum Gasteiger partial charge on any atom is 0.460 e. The molecule has 0 heterocycles. The van der Waals surface area contributed by atoms with Gasteiger partial charge in [-0.15, -0.1) is 0 Å². The summed E-state index contributed by atoms with van der Waals surface area (Å²) in [6.45, 7) is 0. The third-order valence-electron chi connectivity index (χ3n) is 7.43. The molecule has 0 fully saturated rings. The molecule has 0 aromatic rings. The zero-order chi connectivity index (χ0) is 52.0. The van der Waals surface area contributed by atoms with Gasteiger partial charge in [0, 0.05) is 0 Å². The van der Waals surface area contributed by atoms with E-state index in [2.05, 4.69) is 0 Å². The molecule has 0 bridgehead atoms. The van der Waals surface area contributed by atoms with Gasteiger partial charge in [0.05, 0.1) is 0 Å². The molecule has 0 N–H and O–H groups in total. The minimum absolute atomic E-state index is 8.28. The fourth-order valence-electron chi connectivity index (χ4n) is 3.52. The smallest absolute Gasteiger partial charge is 0.192 e. The van der Waals surface area contributed by atoms with Gasteiger partial charge in [-0.05, 0) is 0 Å². The van der Waals surface area contributed by atoms with Gasteiger partial charge in [-0.25, -0.2) is 0 Å². The van der Waals surface area contributed by atoms with Crippen molar-refractivity contribution in [2.24, 2.45) is 0 Å². The van der Waals surface area contributed by atoms with Gasteiger partial charge >= 0.3 is 119 Å². The predicted octanol–water partition coefficient (Wildman–Crippen LogP) is 13.0. The minimum atomic E-state index is -10.6. The van der Waals surface area contributed by atoms with Crippen LogP contribution in [0.15, 0.2) is 0 Å². The van der Waals surface area contributed by atoms with Crippen molar-refractivity contribution < 1.29 is 185 Å². The molecule has 0 amide bonds. The van der Waals surface area contributed by atoms with E-state index in [1.54, 1.807) is 0 Å². The van der Waals surface area contributed by atoms with E-state index in [9.17, 15) is 185 Å². The average molecular weight is 1040 g/mol. The number of alkyl halides is 41. The standard InChI is InChI=1S/C20F41O/c21-1(22,3(25,26)5(29,30)7(33,34)9(37,38)11(41,42)13(45,46)15(49,50)17(53,54)19(57,58)59)2(23,24)4(27,28)6(31,32)8(35,36)10(39,40)12(43,44)14(47,48)16(51,52)18(55,56)20(60,61)62. The van der Waals surface area contributed by atoms with Crippen LogP contribution in [0.25, 0.3) is 0 Å². The molecule has 0 saturated carbocycles. The molecule has 0 unspecified atom stereocenters. The van der Waals surface area contributed by atoms with E-state index in [0.29, 0.717) is 0 Å². The molecule has 0 aliphatic carbocycles. The Morgan fingerprint density at radius 3 is 0.290 bits per heavy atom. The normalized spacial score (nSPS) is 17.5. The minimum Gasteiger partial charge on any atom is -0.192 e. The van der Waals surface area contributed by atoms with E-state index < -0.39 is 119 Å². The van der Waals surface area contributed by atoms with Crippen LogP contribution in [-0.2, 0) is 5.11 Å². The van der Waals surface area contributed by atoms with Crippen molar-refractivity contribution in [3.05, 3.63) is 0 Å². The lowest BCUT2D eigenvalue weighted by molar-refractivity contribution is -0.498. The summed E-state index contributed by atoms with van der Waals surface area (Å²) in [5, 5.41) is 9.74. The summed E-state index contributed by atoms with van der Waals surface area (Å²) in [7, 11) is 0. The second-order valence-electron chi connectivity index (χ2n) is 11.4. The van der Waals surface area contributed by atoms with Gasteiger partial charge in [0.15, 0.2) is 0 Å². The Bertz CT molecular complexity index is 1510. The molecule has 0 aliphatic heterocycles. The Labute approximate surface area is 305 Å². The zero-order valence-corrected chi connectivity index (χ0v) is 25.9. The summed E-state index contributed by atoms with van der Waals surface area (Å²) in [6, 6.07) is 0. The lowest BCUT2D eigenvalue weighted by Crippen LogP contribution is -2.80. The van der Waals surface area contributed by atoms with E-state index in [0.717, 1.165) is 0 Å². The Kier molecular flexibility index (Phi) is 13.2. The van der Waals surface area contributed by atoms with Crippen LogP contribution in [0, 0.1) is 0 Å². The van der Waals surface area contributed by atoms with Crippen molar-refractivity contribution in [1.82, 2.24) is 0 Å². The van der Waals surface area contributed by atoms with Crippen LogP contribution in [-0.4, -0.2) is 119 Å². The van der Waals surface area contributed by atoms with E-state index in [1.807, 2.05) is 0 Å². The monoisotopic (exact) mass is 1030 g/mol. The molecule has 0 rings (SSSR count). The van der Waals surface area contributed by atoms with Crippen LogP contribution >= 0.6 is 0 Å². The van der Waals surface area contributed by atoms with Gasteiger partial charge in [0.1, 0.15) is 0 Å². The van der Waals surface area contributed by atoms with Crippen LogP contribution in [0.3, 0.4) is 0 Å². The topological polar surface area (TPSA) is 19.9 Å². The number of halogens is 41. The number of hydrogen-bond donors (Lipinski definition) is 0. The van der Waals surface area contributed by atoms with Crippen molar-refractivity contribution in [2.75, 3.05) is 0 Å². The fourth-order valence-corrected chi connectivity index (χ4v) is 3.52. The third kappa shape index (κ3) is 6.36. The average Bonchev–Trinajstić information content (AvgIpc) is 3.01. The molecule has 62 heavy (non-hydrogen) atoms. The van der Waals surface area contributed by atoms with Crippen LogP contribution in [0.1, 0.15) is 0 Å². The Morgan fingerprint density at radius 1 is 0.129 bits per heavy atom. The van der Waals surface area contributed by atoms with E-state index >= 15 is 0 Å². The van der Waals surface area contributed by atoms with Crippen LogP contribution in [0.5, 0.6) is 0 Å². The van der Waals surface area contributed by atoms with Crippen molar-refractivity contribution >= 4 is 0 Å². The molecule has 373 valence electrons. The summed E-state index contributed by atoms with van der Waals surface area (Å²) in [4.78, 5) is 0. The van der Waals surface area contributed by atoms with Crippen molar-refractivity contribution in [3.63, 3.8) is 0 Å². The van der Waals surface area contributed by atoms with Crippen molar-refractivity contribution in [1.29, 1.82) is 0 Å². The Morgan fingerprint density at radius 2 is 0.210 bits per heavy atom. The highest BCUT2D eigenvalue weighted by atomic mass is 19.4. The second-order valence-corrected chi connectivity index (χ2v) is 11.4. The zero-order valence-electron chi connectivity index (χ0n) is 25.9. The summed E-state index contributed by atoms with van der Waals surface area (Å²) in [6.07, 6.45) is -16.8.